The Labute approximate surface area is 213 Å². The van der Waals surface area contributed by atoms with E-state index < -0.39 is 0 Å². The summed E-state index contributed by atoms with van der Waals surface area (Å²) >= 11 is 1.45. The molecule has 0 bridgehead atoms. The molecule has 7 rings (SSSR count). The monoisotopic (exact) mass is 508 g/mol. The van der Waals surface area contributed by atoms with Crippen molar-refractivity contribution in [3.63, 3.8) is 0 Å². The number of fused-ring (bicyclic) bond motifs is 2. The van der Waals surface area contributed by atoms with E-state index in [1.165, 1.54) is 11.3 Å². The summed E-state index contributed by atoms with van der Waals surface area (Å²) in [7, 11) is 0. The number of carbonyl (C=O) groups excluding carboxylic acids is 1. The van der Waals surface area contributed by atoms with Crippen LogP contribution in [-0.2, 0) is 0 Å². The van der Waals surface area contributed by atoms with Crippen LogP contribution >= 0.6 is 11.3 Å². The maximum atomic E-state index is 11.8. The summed E-state index contributed by atoms with van der Waals surface area (Å²) < 4.78 is 0. The van der Waals surface area contributed by atoms with Crippen molar-refractivity contribution in [2.24, 2.45) is 5.73 Å². The fourth-order valence-electron chi connectivity index (χ4n) is 4.47. The summed E-state index contributed by atoms with van der Waals surface area (Å²) in [4.78, 5) is 41.8. The van der Waals surface area contributed by atoms with Gasteiger partial charge >= 0.3 is 0 Å². The number of aromatic amines is 2. The van der Waals surface area contributed by atoms with Crippen LogP contribution in [0.5, 0.6) is 0 Å². The first-order valence-corrected chi connectivity index (χ1v) is 12.5. The van der Waals surface area contributed by atoms with Gasteiger partial charge in [-0.1, -0.05) is 0 Å². The van der Waals surface area contributed by atoms with E-state index in [9.17, 15) is 4.79 Å². The van der Waals surface area contributed by atoms with Crippen LogP contribution in [0.2, 0.25) is 0 Å². The number of pyridine rings is 2. The summed E-state index contributed by atoms with van der Waals surface area (Å²) in [5.74, 6) is 1.43. The number of carbonyl (C=O) groups is 1. The van der Waals surface area contributed by atoms with Crippen molar-refractivity contribution >= 4 is 45.1 Å². The largest absolute Gasteiger partial charge is 0.352 e. The van der Waals surface area contributed by atoms with Gasteiger partial charge in [0.2, 0.25) is 0 Å². The zero-order valence-corrected chi connectivity index (χ0v) is 20.5. The zero-order chi connectivity index (χ0) is 25.1. The topological polar surface area (TPSA) is 155 Å². The van der Waals surface area contributed by atoms with E-state index in [-0.39, 0.29) is 11.8 Å². The van der Waals surface area contributed by atoms with Gasteiger partial charge in [0.1, 0.15) is 11.5 Å². The maximum absolute atomic E-state index is 11.8. The Kier molecular flexibility index (Phi) is 4.84. The number of nitrogens with zero attached hydrogens (tertiary/aromatic N) is 7. The Morgan fingerprint density at radius 1 is 1.11 bits per heavy atom. The standard InChI is InChI=1S/C25H20N10OS/c1-12(36)18-2-3-19(37-18)15-4-5-28-24-21(15)31-25(32-24)22-16-6-13(7-29-23(16)34-33-22)17-8-27-9-20(30-17)35-10-14(26)11-35/h2-9,14H,10-11,26H2,1H3,(H,28,31,32)(H,29,33,34). The lowest BCUT2D eigenvalue weighted by Crippen LogP contribution is -2.56. The SMILES string of the molecule is CC(=O)c1ccc(-c2ccnc3nc(-c4[nH]nc5ncc(-c6cncc(N7CC(N)C7)n6)cc45)[nH]c23)s1. The summed E-state index contributed by atoms with van der Waals surface area (Å²) in [5, 5.41) is 8.23. The number of hydrogen-bond acceptors (Lipinski definition) is 10. The van der Waals surface area contributed by atoms with Gasteiger partial charge in [0.15, 0.2) is 22.9 Å². The fourth-order valence-corrected chi connectivity index (χ4v) is 5.41. The van der Waals surface area contributed by atoms with Crippen molar-refractivity contribution in [2.75, 3.05) is 18.0 Å². The Morgan fingerprint density at radius 2 is 2.00 bits per heavy atom. The van der Waals surface area contributed by atoms with E-state index in [0.29, 0.717) is 33.4 Å². The van der Waals surface area contributed by atoms with Gasteiger partial charge in [0.25, 0.3) is 0 Å². The molecule has 37 heavy (non-hydrogen) atoms. The Morgan fingerprint density at radius 3 is 2.81 bits per heavy atom. The summed E-state index contributed by atoms with van der Waals surface area (Å²) in [6.45, 7) is 3.11. The minimum atomic E-state index is 0.0442. The molecular weight excluding hydrogens is 488 g/mol. The number of H-pyrrole nitrogens is 2. The number of thiophene rings is 1. The molecule has 0 aliphatic carbocycles. The molecule has 11 nitrogen and oxygen atoms in total. The molecule has 1 aliphatic rings. The Bertz CT molecular complexity index is 1810. The molecule has 1 aliphatic heterocycles. The highest BCUT2D eigenvalue weighted by Gasteiger charge is 2.25. The van der Waals surface area contributed by atoms with Crippen molar-refractivity contribution in [3.8, 4) is 33.2 Å². The molecule has 12 heteroatoms. The molecule has 0 radical (unpaired) electrons. The van der Waals surface area contributed by atoms with Crippen LogP contribution in [0.25, 0.3) is 55.4 Å². The van der Waals surface area contributed by atoms with Gasteiger partial charge in [-0.25, -0.2) is 19.9 Å². The molecular formula is C25H20N10OS. The lowest BCUT2D eigenvalue weighted by molar-refractivity contribution is 0.102. The van der Waals surface area contributed by atoms with Gasteiger partial charge in [0, 0.05) is 47.5 Å². The average molecular weight is 509 g/mol. The highest BCUT2D eigenvalue weighted by Crippen LogP contribution is 2.34. The van der Waals surface area contributed by atoms with Gasteiger partial charge < -0.3 is 15.6 Å². The van der Waals surface area contributed by atoms with Crippen LogP contribution in [-0.4, -0.2) is 65.0 Å². The molecule has 6 aromatic heterocycles. The third kappa shape index (κ3) is 3.65. The number of imidazole rings is 1. The molecule has 7 heterocycles. The van der Waals surface area contributed by atoms with E-state index in [1.807, 2.05) is 24.3 Å². The normalized spacial score (nSPS) is 13.9. The van der Waals surface area contributed by atoms with Crippen LogP contribution in [0.15, 0.2) is 49.1 Å². The number of anilines is 1. The second kappa shape index (κ2) is 8.25. The van der Waals surface area contributed by atoms with E-state index in [1.54, 1.807) is 31.7 Å². The van der Waals surface area contributed by atoms with E-state index in [4.69, 9.17) is 15.7 Å². The van der Waals surface area contributed by atoms with Gasteiger partial charge in [-0.15, -0.1) is 11.3 Å². The summed E-state index contributed by atoms with van der Waals surface area (Å²) in [6, 6.07) is 7.86. The first kappa shape index (κ1) is 21.7. The molecule has 6 aromatic rings. The lowest BCUT2D eigenvalue weighted by atomic mass is 10.1. The van der Waals surface area contributed by atoms with E-state index in [2.05, 4.69) is 35.0 Å². The van der Waals surface area contributed by atoms with Crippen molar-refractivity contribution < 1.29 is 4.79 Å². The molecule has 0 atom stereocenters. The maximum Gasteiger partial charge on any atom is 0.181 e. The highest BCUT2D eigenvalue weighted by molar-refractivity contribution is 7.17. The van der Waals surface area contributed by atoms with Crippen LogP contribution in [0.4, 0.5) is 5.82 Å². The second-order valence-electron chi connectivity index (χ2n) is 8.98. The number of hydrogen-bond donors (Lipinski definition) is 3. The predicted molar refractivity (Wildman–Crippen MR) is 141 cm³/mol. The average Bonchev–Trinajstić information content (AvgIpc) is 3.64. The number of ketones is 1. The third-order valence-electron chi connectivity index (χ3n) is 6.41. The van der Waals surface area contributed by atoms with Gasteiger partial charge in [0.05, 0.1) is 33.9 Å². The Balaban J connectivity index is 1.29. The van der Waals surface area contributed by atoms with Crippen molar-refractivity contribution in [1.29, 1.82) is 0 Å². The smallest absolute Gasteiger partial charge is 0.181 e. The quantitative estimate of drug-likeness (QED) is 0.297. The molecule has 0 saturated carbocycles. The molecule has 0 aromatic carbocycles. The molecule has 0 amide bonds. The highest BCUT2D eigenvalue weighted by atomic mass is 32.1. The number of nitrogens with two attached hydrogens (primary N) is 1. The molecule has 4 N–H and O–H groups in total. The van der Waals surface area contributed by atoms with Crippen molar-refractivity contribution in [2.45, 2.75) is 13.0 Å². The molecule has 0 spiro atoms. The van der Waals surface area contributed by atoms with E-state index in [0.717, 1.165) is 45.8 Å². The minimum Gasteiger partial charge on any atom is -0.352 e. The fraction of sp³-hybridized carbons (Fsp3) is 0.160. The van der Waals surface area contributed by atoms with E-state index >= 15 is 0 Å². The number of aromatic nitrogens is 8. The predicted octanol–water partition coefficient (Wildman–Crippen LogP) is 3.43. The number of Topliss-reactive ketones (excluding diaryl/α,β-unsaturated/α-hetero) is 1. The Hall–Kier alpha value is -4.55. The van der Waals surface area contributed by atoms with Crippen LogP contribution in [0.1, 0.15) is 16.6 Å². The van der Waals surface area contributed by atoms with Gasteiger partial charge in [-0.05, 0) is 31.2 Å². The van der Waals surface area contributed by atoms with Gasteiger partial charge in [-0.3, -0.25) is 14.9 Å². The minimum absolute atomic E-state index is 0.0442. The third-order valence-corrected chi connectivity index (χ3v) is 7.63. The lowest BCUT2D eigenvalue weighted by Gasteiger charge is -2.37. The van der Waals surface area contributed by atoms with Crippen LogP contribution in [0.3, 0.4) is 0 Å². The summed E-state index contributed by atoms with van der Waals surface area (Å²) in [6.07, 6.45) is 6.93. The second-order valence-corrected chi connectivity index (χ2v) is 10.1. The van der Waals surface area contributed by atoms with Crippen molar-refractivity contribution in [1.82, 2.24) is 40.1 Å². The molecule has 0 unspecified atom stereocenters. The first-order chi connectivity index (χ1) is 18.0. The molecule has 1 fully saturated rings. The zero-order valence-electron chi connectivity index (χ0n) is 19.6. The van der Waals surface area contributed by atoms with Crippen LogP contribution in [0, 0.1) is 0 Å². The first-order valence-electron chi connectivity index (χ1n) is 11.7. The molecule has 1 saturated heterocycles. The number of rotatable bonds is 5. The number of nitrogens with one attached hydrogen (secondary N) is 2. The van der Waals surface area contributed by atoms with Crippen molar-refractivity contribution in [3.05, 3.63) is 53.9 Å². The summed E-state index contributed by atoms with van der Waals surface area (Å²) in [5.41, 5.74) is 11.0. The molecule has 182 valence electrons. The van der Waals surface area contributed by atoms with Crippen LogP contribution < -0.4 is 10.6 Å². The van der Waals surface area contributed by atoms with Gasteiger partial charge in [-0.2, -0.15) is 5.10 Å².